The average Bonchev–Trinajstić information content (AvgIpc) is 3.10. The van der Waals surface area contributed by atoms with Gasteiger partial charge < -0.3 is 5.11 Å². The zero-order valence-electron chi connectivity index (χ0n) is 13.7. The first-order chi connectivity index (χ1) is 12.8. The van der Waals surface area contributed by atoms with Crippen LogP contribution in [-0.2, 0) is 0 Å². The van der Waals surface area contributed by atoms with Gasteiger partial charge in [-0.15, -0.1) is 5.10 Å². The van der Waals surface area contributed by atoms with E-state index in [4.69, 9.17) is 4.98 Å². The van der Waals surface area contributed by atoms with E-state index >= 15 is 0 Å². The van der Waals surface area contributed by atoms with E-state index in [-0.39, 0.29) is 5.75 Å². The van der Waals surface area contributed by atoms with Crippen LogP contribution >= 0.6 is 0 Å². The van der Waals surface area contributed by atoms with Crippen molar-refractivity contribution in [2.24, 2.45) is 0 Å². The molecule has 0 aliphatic rings. The Hall–Kier alpha value is -3.73. The van der Waals surface area contributed by atoms with Gasteiger partial charge in [0, 0.05) is 29.5 Å². The normalized spacial score (nSPS) is 11.2. The van der Waals surface area contributed by atoms with E-state index in [1.165, 1.54) is 0 Å². The lowest BCUT2D eigenvalue weighted by Crippen LogP contribution is -1.93. The second kappa shape index (κ2) is 5.67. The number of pyridine rings is 2. The van der Waals surface area contributed by atoms with Crippen LogP contribution in [0.25, 0.3) is 38.9 Å². The second-order valence-electron chi connectivity index (χ2n) is 6.05. The number of aromatic nitrogens is 4. The van der Waals surface area contributed by atoms with Gasteiger partial charge in [0.2, 0.25) is 0 Å². The Balaban J connectivity index is 1.88. The maximum Gasteiger partial charge on any atom is 0.185 e. The van der Waals surface area contributed by atoms with E-state index in [0.717, 1.165) is 27.5 Å². The summed E-state index contributed by atoms with van der Waals surface area (Å²) in [5.41, 5.74) is 3.41. The molecule has 0 aliphatic heterocycles. The van der Waals surface area contributed by atoms with Crippen molar-refractivity contribution in [1.82, 2.24) is 19.6 Å². The van der Waals surface area contributed by atoms with Gasteiger partial charge in [0.05, 0.1) is 5.56 Å². The maximum absolute atomic E-state index is 10.2. The second-order valence-corrected chi connectivity index (χ2v) is 6.05. The first-order valence-electron chi connectivity index (χ1n) is 8.28. The Labute approximate surface area is 149 Å². The highest BCUT2D eigenvalue weighted by Crippen LogP contribution is 2.34. The van der Waals surface area contributed by atoms with Crippen LogP contribution in [0.4, 0.5) is 0 Å². The Morgan fingerprint density at radius 3 is 2.54 bits per heavy atom. The first-order valence-corrected chi connectivity index (χ1v) is 8.28. The summed E-state index contributed by atoms with van der Waals surface area (Å²) in [6.45, 7) is 0. The molecule has 0 aliphatic carbocycles. The number of nitrogens with zero attached hydrogens (tertiary/aromatic N) is 4. The van der Waals surface area contributed by atoms with Crippen LogP contribution in [-0.4, -0.2) is 24.7 Å². The van der Waals surface area contributed by atoms with Crippen LogP contribution in [0.3, 0.4) is 0 Å². The summed E-state index contributed by atoms with van der Waals surface area (Å²) in [6.07, 6.45) is 5.52. The van der Waals surface area contributed by atoms with E-state index in [9.17, 15) is 5.11 Å². The molecule has 2 aromatic carbocycles. The molecule has 3 heterocycles. The van der Waals surface area contributed by atoms with Gasteiger partial charge in [0.25, 0.3) is 0 Å². The highest BCUT2D eigenvalue weighted by Gasteiger charge is 2.16. The lowest BCUT2D eigenvalue weighted by molar-refractivity contribution is 0.477. The van der Waals surface area contributed by atoms with E-state index < -0.39 is 0 Å². The number of rotatable bonds is 2. The van der Waals surface area contributed by atoms with Gasteiger partial charge in [-0.25, -0.2) is 9.50 Å². The molecule has 26 heavy (non-hydrogen) atoms. The molecule has 0 bridgehead atoms. The summed E-state index contributed by atoms with van der Waals surface area (Å²) in [6, 6.07) is 19.2. The van der Waals surface area contributed by atoms with E-state index in [2.05, 4.69) is 22.2 Å². The van der Waals surface area contributed by atoms with Gasteiger partial charge in [0.15, 0.2) is 11.5 Å². The average molecular weight is 338 g/mol. The summed E-state index contributed by atoms with van der Waals surface area (Å²) >= 11 is 0. The van der Waals surface area contributed by atoms with Gasteiger partial charge >= 0.3 is 0 Å². The van der Waals surface area contributed by atoms with Crippen LogP contribution in [0.2, 0.25) is 0 Å². The standard InChI is InChI=1S/C21H14N4O/c26-18-9-5-4-8-17(18)20-23-21-19(14-6-2-1-3-7-14)16-10-11-22-12-15(16)13-25(21)24-20/h1-13,26H. The summed E-state index contributed by atoms with van der Waals surface area (Å²) in [4.78, 5) is 8.97. The molecular formula is C21H14N4O. The maximum atomic E-state index is 10.2. The molecule has 0 saturated carbocycles. The number of aromatic hydroxyl groups is 1. The number of fused-ring (bicyclic) bond motifs is 2. The SMILES string of the molecule is Oc1ccccc1-c1nc2c(-c3ccccc3)c3ccncc3cn2n1. The number of hydrogen-bond acceptors (Lipinski definition) is 4. The van der Waals surface area contributed by atoms with Crippen molar-refractivity contribution >= 4 is 16.4 Å². The topological polar surface area (TPSA) is 63.3 Å². The first kappa shape index (κ1) is 14.6. The lowest BCUT2D eigenvalue weighted by atomic mass is 10.0. The molecule has 0 atom stereocenters. The Morgan fingerprint density at radius 2 is 1.69 bits per heavy atom. The zero-order chi connectivity index (χ0) is 17.5. The third-order valence-electron chi connectivity index (χ3n) is 4.44. The molecule has 0 fully saturated rings. The molecule has 3 aromatic heterocycles. The van der Waals surface area contributed by atoms with Gasteiger partial charge in [0.1, 0.15) is 5.75 Å². The predicted octanol–water partition coefficient (Wildman–Crippen LogP) is 4.32. The van der Waals surface area contributed by atoms with Crippen molar-refractivity contribution in [2.45, 2.75) is 0 Å². The van der Waals surface area contributed by atoms with E-state index in [1.807, 2.05) is 48.8 Å². The monoisotopic (exact) mass is 338 g/mol. The minimum absolute atomic E-state index is 0.163. The third kappa shape index (κ3) is 2.22. The third-order valence-corrected chi connectivity index (χ3v) is 4.44. The zero-order valence-corrected chi connectivity index (χ0v) is 13.7. The molecule has 5 nitrogen and oxygen atoms in total. The van der Waals surface area contributed by atoms with Crippen LogP contribution < -0.4 is 0 Å². The number of phenols is 1. The highest BCUT2D eigenvalue weighted by molar-refractivity contribution is 6.02. The van der Waals surface area contributed by atoms with Crippen molar-refractivity contribution in [1.29, 1.82) is 0 Å². The molecule has 0 saturated heterocycles. The lowest BCUT2D eigenvalue weighted by Gasteiger charge is -2.08. The largest absolute Gasteiger partial charge is 0.507 e. The molecule has 0 amide bonds. The van der Waals surface area contributed by atoms with Crippen molar-refractivity contribution in [2.75, 3.05) is 0 Å². The minimum atomic E-state index is 0.163. The van der Waals surface area contributed by atoms with Crippen LogP contribution in [0.5, 0.6) is 5.75 Å². The summed E-state index contributed by atoms with van der Waals surface area (Å²) in [5, 5.41) is 16.8. The molecule has 0 radical (unpaired) electrons. The number of phenolic OH excluding ortho intramolecular Hbond substituents is 1. The number of hydrogen-bond donors (Lipinski definition) is 1. The predicted molar refractivity (Wildman–Crippen MR) is 101 cm³/mol. The molecule has 0 unspecified atom stereocenters. The quantitative estimate of drug-likeness (QED) is 0.521. The molecule has 124 valence electrons. The fourth-order valence-electron chi connectivity index (χ4n) is 3.24. The summed E-state index contributed by atoms with van der Waals surface area (Å²) < 4.78 is 1.76. The molecule has 5 heteroatoms. The fourth-order valence-corrected chi connectivity index (χ4v) is 3.24. The van der Waals surface area contributed by atoms with E-state index in [0.29, 0.717) is 11.4 Å². The van der Waals surface area contributed by atoms with E-state index in [1.54, 1.807) is 22.8 Å². The Bertz CT molecular complexity index is 1250. The number of para-hydroxylation sites is 1. The van der Waals surface area contributed by atoms with Crippen molar-refractivity contribution in [3.8, 4) is 28.3 Å². The van der Waals surface area contributed by atoms with Crippen LogP contribution in [0.15, 0.2) is 79.3 Å². The molecular weight excluding hydrogens is 324 g/mol. The minimum Gasteiger partial charge on any atom is -0.507 e. The van der Waals surface area contributed by atoms with Gasteiger partial charge in [-0.2, -0.15) is 0 Å². The highest BCUT2D eigenvalue weighted by atomic mass is 16.3. The van der Waals surface area contributed by atoms with Crippen LogP contribution in [0, 0.1) is 0 Å². The fraction of sp³-hybridized carbons (Fsp3) is 0. The molecule has 1 N–H and O–H groups in total. The van der Waals surface area contributed by atoms with Crippen LogP contribution in [0.1, 0.15) is 0 Å². The molecule has 5 aromatic rings. The summed E-state index contributed by atoms with van der Waals surface area (Å²) in [7, 11) is 0. The van der Waals surface area contributed by atoms with Crippen molar-refractivity contribution in [3.63, 3.8) is 0 Å². The molecule has 0 spiro atoms. The molecule has 5 rings (SSSR count). The smallest absolute Gasteiger partial charge is 0.185 e. The van der Waals surface area contributed by atoms with Crippen molar-refractivity contribution in [3.05, 3.63) is 79.3 Å². The summed E-state index contributed by atoms with van der Waals surface area (Å²) in [5.74, 6) is 0.652. The van der Waals surface area contributed by atoms with Gasteiger partial charge in [-0.05, 0) is 29.1 Å². The number of benzene rings is 2. The Morgan fingerprint density at radius 1 is 0.885 bits per heavy atom. The van der Waals surface area contributed by atoms with Crippen molar-refractivity contribution < 1.29 is 5.11 Å². The van der Waals surface area contributed by atoms with Gasteiger partial charge in [-0.1, -0.05) is 42.5 Å². The Kier molecular flexibility index (Phi) is 3.18. The van der Waals surface area contributed by atoms with Gasteiger partial charge in [-0.3, -0.25) is 4.98 Å².